The van der Waals surface area contributed by atoms with E-state index in [4.69, 9.17) is 14.2 Å². The van der Waals surface area contributed by atoms with Crippen LogP contribution in [0.25, 0.3) is 16.7 Å². The van der Waals surface area contributed by atoms with Crippen LogP contribution in [0.15, 0.2) is 29.2 Å². The molecule has 0 radical (unpaired) electrons. The molecule has 0 spiro atoms. The summed E-state index contributed by atoms with van der Waals surface area (Å²) in [4.78, 5) is 42.5. The van der Waals surface area contributed by atoms with E-state index in [0.29, 0.717) is 55.8 Å². The average Bonchev–Trinajstić information content (AvgIpc) is 3.15. The first-order valence-electron chi connectivity index (χ1n) is 10.4. The minimum atomic E-state index is -0.697. The fourth-order valence-corrected chi connectivity index (χ4v) is 3.42. The molecule has 1 N–H and O–H groups in total. The molecule has 172 valence electrons. The van der Waals surface area contributed by atoms with Crippen LogP contribution >= 0.6 is 0 Å². The molecule has 0 aromatic carbocycles. The maximum Gasteiger partial charge on any atom is 0.355 e. The summed E-state index contributed by atoms with van der Waals surface area (Å²) in [5, 5.41) is 2.97. The van der Waals surface area contributed by atoms with Crippen molar-refractivity contribution in [2.24, 2.45) is 0 Å². The van der Waals surface area contributed by atoms with E-state index in [9.17, 15) is 14.4 Å². The van der Waals surface area contributed by atoms with Crippen LogP contribution in [0.4, 0.5) is 0 Å². The van der Waals surface area contributed by atoms with Crippen molar-refractivity contribution in [1.29, 1.82) is 0 Å². The highest BCUT2D eigenvalue weighted by Gasteiger charge is 2.21. The highest BCUT2D eigenvalue weighted by molar-refractivity contribution is 5.95. The summed E-state index contributed by atoms with van der Waals surface area (Å²) in [7, 11) is 3.18. The number of nitrogens with one attached hydrogen (secondary N) is 1. The Morgan fingerprint density at radius 3 is 2.62 bits per heavy atom. The molecule has 0 bridgehead atoms. The van der Waals surface area contributed by atoms with Gasteiger partial charge in [0.25, 0.3) is 11.5 Å². The Bertz CT molecular complexity index is 1170. The van der Waals surface area contributed by atoms with Crippen LogP contribution in [0.5, 0.6) is 0 Å². The van der Waals surface area contributed by atoms with E-state index in [-0.39, 0.29) is 11.3 Å². The third kappa shape index (κ3) is 5.14. The molecule has 3 rings (SSSR count). The number of nitrogens with zero attached hydrogens (tertiary/aromatic N) is 3. The van der Waals surface area contributed by atoms with Crippen molar-refractivity contribution in [2.75, 3.05) is 40.6 Å². The molecule has 0 aliphatic carbocycles. The van der Waals surface area contributed by atoms with Crippen molar-refractivity contribution in [3.8, 4) is 0 Å². The third-order valence-corrected chi connectivity index (χ3v) is 5.01. The predicted molar refractivity (Wildman–Crippen MR) is 118 cm³/mol. The van der Waals surface area contributed by atoms with Crippen molar-refractivity contribution in [3.05, 3.63) is 46.0 Å². The standard InChI is InChI=1S/C22H28N4O6/c1-15-7-4-9-26-19(15)24-20-16(21(26)28)13-17(25(20)10-6-12-31-3)22(29)32-14-18(27)23-8-5-11-30-2/h4,7,9,13H,5-6,8,10-12,14H2,1-3H3,(H,23,27). The number of carbonyl (C=O) groups excluding carboxylic acids is 2. The average molecular weight is 444 g/mol. The van der Waals surface area contributed by atoms with E-state index in [0.717, 1.165) is 5.56 Å². The summed E-state index contributed by atoms with van der Waals surface area (Å²) < 4.78 is 18.4. The van der Waals surface area contributed by atoms with Gasteiger partial charge in [-0.25, -0.2) is 9.78 Å². The molecule has 10 nitrogen and oxygen atoms in total. The van der Waals surface area contributed by atoms with Gasteiger partial charge >= 0.3 is 5.97 Å². The van der Waals surface area contributed by atoms with Gasteiger partial charge in [0.2, 0.25) is 0 Å². The number of hydrogen-bond acceptors (Lipinski definition) is 7. The Hall–Kier alpha value is -3.24. The van der Waals surface area contributed by atoms with E-state index in [1.807, 2.05) is 13.0 Å². The van der Waals surface area contributed by atoms with E-state index >= 15 is 0 Å². The summed E-state index contributed by atoms with van der Waals surface area (Å²) in [5.74, 6) is -1.10. The van der Waals surface area contributed by atoms with E-state index in [1.54, 1.807) is 31.0 Å². The highest BCUT2D eigenvalue weighted by atomic mass is 16.5. The maximum absolute atomic E-state index is 13.1. The molecular weight excluding hydrogens is 416 g/mol. The fraction of sp³-hybridized carbons (Fsp3) is 0.455. The van der Waals surface area contributed by atoms with Gasteiger partial charge in [-0.3, -0.25) is 14.0 Å². The number of aryl methyl sites for hydroxylation is 2. The normalized spacial score (nSPS) is 11.2. The number of aromatic nitrogens is 3. The summed E-state index contributed by atoms with van der Waals surface area (Å²) in [6.45, 7) is 3.28. The quantitative estimate of drug-likeness (QED) is 0.350. The van der Waals surface area contributed by atoms with Gasteiger partial charge in [-0.15, -0.1) is 0 Å². The Balaban J connectivity index is 1.90. The Labute approximate surface area is 185 Å². The lowest BCUT2D eigenvalue weighted by Crippen LogP contribution is -2.30. The van der Waals surface area contributed by atoms with E-state index < -0.39 is 18.5 Å². The summed E-state index contributed by atoms with van der Waals surface area (Å²) >= 11 is 0. The number of methoxy groups -OCH3 is 2. The monoisotopic (exact) mass is 444 g/mol. The molecule has 10 heteroatoms. The molecule has 0 fully saturated rings. The van der Waals surface area contributed by atoms with Crippen LogP contribution in [0.2, 0.25) is 0 Å². The molecule has 3 heterocycles. The van der Waals surface area contributed by atoms with Gasteiger partial charge < -0.3 is 24.1 Å². The van der Waals surface area contributed by atoms with Gasteiger partial charge in [0.05, 0.1) is 5.39 Å². The van der Waals surface area contributed by atoms with E-state index in [2.05, 4.69) is 10.3 Å². The molecule has 0 unspecified atom stereocenters. The molecular formula is C22H28N4O6. The number of amides is 1. The molecule has 0 saturated heterocycles. The Morgan fingerprint density at radius 2 is 1.88 bits per heavy atom. The lowest BCUT2D eigenvalue weighted by molar-refractivity contribution is -0.124. The first-order valence-corrected chi connectivity index (χ1v) is 10.4. The number of fused-ring (bicyclic) bond motifs is 2. The van der Waals surface area contributed by atoms with Crippen LogP contribution in [-0.4, -0.2) is 66.4 Å². The minimum absolute atomic E-state index is 0.168. The van der Waals surface area contributed by atoms with Crippen LogP contribution in [-0.2, 0) is 25.5 Å². The van der Waals surface area contributed by atoms with Gasteiger partial charge in [-0.1, -0.05) is 6.07 Å². The summed E-state index contributed by atoms with van der Waals surface area (Å²) in [6.07, 6.45) is 2.91. The zero-order valence-corrected chi connectivity index (χ0v) is 18.6. The smallest absolute Gasteiger partial charge is 0.355 e. The number of rotatable bonds is 11. The van der Waals surface area contributed by atoms with Crippen molar-refractivity contribution in [1.82, 2.24) is 19.3 Å². The molecule has 3 aromatic heterocycles. The van der Waals surface area contributed by atoms with Crippen LogP contribution in [0.1, 0.15) is 28.9 Å². The second kappa shape index (κ2) is 10.9. The number of hydrogen-bond donors (Lipinski definition) is 1. The first-order chi connectivity index (χ1) is 15.5. The molecule has 0 aliphatic rings. The number of carbonyl (C=O) groups is 2. The molecule has 32 heavy (non-hydrogen) atoms. The largest absolute Gasteiger partial charge is 0.451 e. The molecule has 0 saturated carbocycles. The van der Waals surface area contributed by atoms with Crippen LogP contribution in [0, 0.1) is 6.92 Å². The van der Waals surface area contributed by atoms with Crippen molar-refractivity contribution >= 4 is 28.6 Å². The topological polar surface area (TPSA) is 113 Å². The lowest BCUT2D eigenvalue weighted by Gasteiger charge is -2.11. The minimum Gasteiger partial charge on any atom is -0.451 e. The van der Waals surface area contributed by atoms with Gasteiger partial charge in [0.15, 0.2) is 6.61 Å². The van der Waals surface area contributed by atoms with Gasteiger partial charge in [0, 0.05) is 46.7 Å². The summed E-state index contributed by atoms with van der Waals surface area (Å²) in [6, 6.07) is 5.12. The second-order valence-corrected chi connectivity index (χ2v) is 7.34. The lowest BCUT2D eigenvalue weighted by atomic mass is 10.3. The molecule has 3 aromatic rings. The Kier molecular flexibility index (Phi) is 7.96. The van der Waals surface area contributed by atoms with Crippen LogP contribution < -0.4 is 10.9 Å². The second-order valence-electron chi connectivity index (χ2n) is 7.34. The van der Waals surface area contributed by atoms with Crippen LogP contribution in [0.3, 0.4) is 0 Å². The highest BCUT2D eigenvalue weighted by Crippen LogP contribution is 2.19. The zero-order valence-electron chi connectivity index (χ0n) is 18.6. The van der Waals surface area contributed by atoms with Gasteiger partial charge in [-0.2, -0.15) is 0 Å². The first kappa shape index (κ1) is 23.4. The fourth-order valence-electron chi connectivity index (χ4n) is 3.42. The third-order valence-electron chi connectivity index (χ3n) is 5.01. The molecule has 0 atom stereocenters. The number of pyridine rings is 1. The number of ether oxygens (including phenoxy) is 3. The predicted octanol–water partition coefficient (Wildman–Crippen LogP) is 1.30. The Morgan fingerprint density at radius 1 is 1.12 bits per heavy atom. The van der Waals surface area contributed by atoms with Gasteiger partial charge in [-0.05, 0) is 37.5 Å². The maximum atomic E-state index is 13.1. The zero-order chi connectivity index (χ0) is 23.1. The van der Waals surface area contributed by atoms with Crippen molar-refractivity contribution in [3.63, 3.8) is 0 Å². The molecule has 1 amide bonds. The molecule has 0 aliphatic heterocycles. The summed E-state index contributed by atoms with van der Waals surface area (Å²) in [5.41, 5.74) is 1.65. The number of esters is 1. The van der Waals surface area contributed by atoms with E-state index in [1.165, 1.54) is 10.5 Å². The SMILES string of the molecule is COCCCNC(=O)COC(=O)c1cc2c(=O)n3cccc(C)c3nc2n1CCCOC. The van der Waals surface area contributed by atoms with Crippen molar-refractivity contribution in [2.45, 2.75) is 26.3 Å². The van der Waals surface area contributed by atoms with Crippen molar-refractivity contribution < 1.29 is 23.8 Å². The van der Waals surface area contributed by atoms with Gasteiger partial charge in [0.1, 0.15) is 17.0 Å².